The quantitative estimate of drug-likeness (QED) is 0.549. The number of nitrogens with zero attached hydrogens (tertiary/aromatic N) is 2. The van der Waals surface area contributed by atoms with E-state index >= 15 is 0 Å². The van der Waals surface area contributed by atoms with Crippen molar-refractivity contribution in [3.63, 3.8) is 0 Å². The van der Waals surface area contributed by atoms with Gasteiger partial charge >= 0.3 is 0 Å². The van der Waals surface area contributed by atoms with Gasteiger partial charge in [-0.15, -0.1) is 0 Å². The van der Waals surface area contributed by atoms with Gasteiger partial charge in [-0.1, -0.05) is 17.0 Å². The van der Waals surface area contributed by atoms with Crippen molar-refractivity contribution in [3.05, 3.63) is 66.0 Å². The van der Waals surface area contributed by atoms with Crippen LogP contribution in [-0.4, -0.2) is 19.3 Å². The predicted octanol–water partition coefficient (Wildman–Crippen LogP) is 3.07. The molecule has 0 N–H and O–H groups in total. The average Bonchev–Trinajstić information content (AvgIpc) is 2.62. The lowest BCUT2D eigenvalue weighted by atomic mass is 10.00. The van der Waals surface area contributed by atoms with E-state index in [0.717, 1.165) is 28.2 Å². The Morgan fingerprint density at radius 1 is 0.783 bits per heavy atom. The maximum Gasteiger partial charge on any atom is 0.210 e. The molecule has 0 aliphatic carbocycles. The second-order valence-electron chi connectivity index (χ2n) is 4.94. The monoisotopic (exact) mass is 308 g/mol. The summed E-state index contributed by atoms with van der Waals surface area (Å²) in [4.78, 5) is 0.562. The molecule has 0 saturated carbocycles. The van der Waals surface area contributed by atoms with Crippen LogP contribution in [0.1, 0.15) is 0 Å². The Hall–Kier alpha value is -3.08. The summed E-state index contributed by atoms with van der Waals surface area (Å²) in [6.07, 6.45) is 1.40. The molecule has 1 aromatic heterocycles. The Labute approximate surface area is 134 Å². The summed E-state index contributed by atoms with van der Waals surface area (Å²) in [7, 11) is 3.24. The van der Waals surface area contributed by atoms with Crippen molar-refractivity contribution in [3.8, 4) is 33.9 Å². The number of hydrogen-bond donors (Lipinski definition) is 0. The van der Waals surface area contributed by atoms with Crippen LogP contribution in [0.4, 0.5) is 0 Å². The molecule has 0 spiro atoms. The van der Waals surface area contributed by atoms with Gasteiger partial charge in [0.1, 0.15) is 17.2 Å². The smallest absolute Gasteiger partial charge is 0.210 e. The van der Waals surface area contributed by atoms with E-state index in [2.05, 4.69) is 5.10 Å². The van der Waals surface area contributed by atoms with Gasteiger partial charge in [-0.3, -0.25) is 0 Å². The van der Waals surface area contributed by atoms with Gasteiger partial charge in [-0.2, -0.15) is 0 Å². The van der Waals surface area contributed by atoms with Gasteiger partial charge in [-0.25, -0.2) is 0 Å². The average molecular weight is 308 g/mol. The first kappa shape index (κ1) is 14.8. The number of hydrogen-bond acceptors (Lipinski definition) is 4. The van der Waals surface area contributed by atoms with E-state index in [1.807, 2.05) is 48.5 Å². The Kier molecular flexibility index (Phi) is 4.10. The molecule has 3 rings (SSSR count). The van der Waals surface area contributed by atoms with Crippen molar-refractivity contribution < 1.29 is 14.3 Å². The zero-order chi connectivity index (χ0) is 16.2. The molecule has 0 aliphatic rings. The summed E-state index contributed by atoms with van der Waals surface area (Å²) in [6.45, 7) is 0. The van der Waals surface area contributed by atoms with Crippen molar-refractivity contribution in [1.29, 1.82) is 0 Å². The fraction of sp³-hybridized carbons (Fsp3) is 0.111. The highest BCUT2D eigenvalue weighted by atomic mass is 16.5. The SMILES string of the molecule is COc1ccc(-c2cc[n+]([O-])nc2-c2ccc(OC)cc2)cc1. The van der Waals surface area contributed by atoms with E-state index in [-0.39, 0.29) is 0 Å². The molecule has 1 heterocycles. The minimum atomic E-state index is 0.562. The molecule has 0 fully saturated rings. The first-order valence-corrected chi connectivity index (χ1v) is 7.10. The van der Waals surface area contributed by atoms with Crippen LogP contribution in [0.15, 0.2) is 60.8 Å². The van der Waals surface area contributed by atoms with E-state index in [0.29, 0.717) is 10.5 Å². The van der Waals surface area contributed by atoms with Crippen molar-refractivity contribution >= 4 is 0 Å². The van der Waals surface area contributed by atoms with Crippen LogP contribution in [0.25, 0.3) is 22.4 Å². The van der Waals surface area contributed by atoms with E-state index in [9.17, 15) is 5.21 Å². The Bertz CT molecular complexity index is 800. The zero-order valence-electron chi connectivity index (χ0n) is 12.9. The van der Waals surface area contributed by atoms with E-state index in [1.165, 1.54) is 6.20 Å². The van der Waals surface area contributed by atoms with Gasteiger partial charge in [0.2, 0.25) is 6.20 Å². The fourth-order valence-electron chi connectivity index (χ4n) is 2.37. The van der Waals surface area contributed by atoms with Crippen LogP contribution in [0.3, 0.4) is 0 Å². The summed E-state index contributed by atoms with van der Waals surface area (Å²) in [5, 5.41) is 15.7. The largest absolute Gasteiger partial charge is 0.594 e. The molecule has 116 valence electrons. The zero-order valence-corrected chi connectivity index (χ0v) is 12.9. The van der Waals surface area contributed by atoms with Crippen LogP contribution < -0.4 is 14.3 Å². The number of aromatic nitrogens is 2. The van der Waals surface area contributed by atoms with E-state index in [1.54, 1.807) is 20.3 Å². The minimum absolute atomic E-state index is 0.562. The molecular formula is C18H16N2O3. The molecule has 3 aromatic rings. The second-order valence-corrected chi connectivity index (χ2v) is 4.94. The summed E-state index contributed by atoms with van der Waals surface area (Å²) < 4.78 is 10.3. The molecule has 5 heteroatoms. The van der Waals surface area contributed by atoms with Gasteiger partial charge in [-0.05, 0) is 42.0 Å². The molecule has 0 radical (unpaired) electrons. The molecule has 0 bridgehead atoms. The van der Waals surface area contributed by atoms with Gasteiger partial charge in [0.15, 0.2) is 0 Å². The lowest BCUT2D eigenvalue weighted by Crippen LogP contribution is -2.30. The Balaban J connectivity index is 2.09. The highest BCUT2D eigenvalue weighted by Gasteiger charge is 2.13. The molecule has 23 heavy (non-hydrogen) atoms. The van der Waals surface area contributed by atoms with Gasteiger partial charge in [0, 0.05) is 22.3 Å². The standard InChI is InChI=1S/C18H16N2O3/c1-22-15-7-3-13(4-8-15)17-11-12-20(21)19-18(17)14-5-9-16(23-2)10-6-14/h3-12H,1-2H3. The maximum atomic E-state index is 11.6. The Morgan fingerprint density at radius 2 is 1.30 bits per heavy atom. The molecule has 0 atom stereocenters. The van der Waals surface area contributed by atoms with Crippen molar-refractivity contribution in [2.24, 2.45) is 0 Å². The maximum absolute atomic E-state index is 11.6. The first-order valence-electron chi connectivity index (χ1n) is 7.10. The Morgan fingerprint density at radius 3 is 1.83 bits per heavy atom. The molecule has 2 aromatic carbocycles. The molecule has 0 aliphatic heterocycles. The minimum Gasteiger partial charge on any atom is -0.594 e. The topological polar surface area (TPSA) is 58.3 Å². The van der Waals surface area contributed by atoms with Crippen LogP contribution in [0.5, 0.6) is 11.5 Å². The number of benzene rings is 2. The molecule has 5 nitrogen and oxygen atoms in total. The third kappa shape index (κ3) is 3.08. The fourth-order valence-corrected chi connectivity index (χ4v) is 2.37. The van der Waals surface area contributed by atoms with E-state index in [4.69, 9.17) is 9.47 Å². The summed E-state index contributed by atoms with van der Waals surface area (Å²) in [6, 6.07) is 16.9. The number of methoxy groups -OCH3 is 2. The van der Waals surface area contributed by atoms with Crippen LogP contribution in [0, 0.1) is 5.21 Å². The molecular weight excluding hydrogens is 292 g/mol. The normalized spacial score (nSPS) is 10.3. The molecule has 0 amide bonds. The van der Waals surface area contributed by atoms with E-state index < -0.39 is 0 Å². The lowest BCUT2D eigenvalue weighted by molar-refractivity contribution is -0.668. The van der Waals surface area contributed by atoms with Crippen molar-refractivity contribution in [2.75, 3.05) is 14.2 Å². The number of ether oxygens (including phenoxy) is 2. The van der Waals surface area contributed by atoms with Crippen LogP contribution in [0.2, 0.25) is 0 Å². The highest BCUT2D eigenvalue weighted by molar-refractivity contribution is 5.80. The summed E-state index contributed by atoms with van der Waals surface area (Å²) in [5.74, 6) is 1.54. The van der Waals surface area contributed by atoms with Gasteiger partial charge in [0.25, 0.3) is 0 Å². The van der Waals surface area contributed by atoms with Crippen LogP contribution in [-0.2, 0) is 0 Å². The lowest BCUT2D eigenvalue weighted by Gasteiger charge is -2.09. The predicted molar refractivity (Wildman–Crippen MR) is 87.2 cm³/mol. The van der Waals surface area contributed by atoms with Crippen LogP contribution >= 0.6 is 0 Å². The summed E-state index contributed by atoms with van der Waals surface area (Å²) in [5.41, 5.74) is 3.31. The van der Waals surface area contributed by atoms with Crippen molar-refractivity contribution in [2.45, 2.75) is 0 Å². The first-order chi connectivity index (χ1) is 11.2. The summed E-state index contributed by atoms with van der Waals surface area (Å²) >= 11 is 0. The third-order valence-corrected chi connectivity index (χ3v) is 3.59. The van der Waals surface area contributed by atoms with Gasteiger partial charge in [0.05, 0.1) is 14.2 Å². The second kappa shape index (κ2) is 6.36. The molecule has 0 saturated heterocycles. The highest BCUT2D eigenvalue weighted by Crippen LogP contribution is 2.31. The van der Waals surface area contributed by atoms with Crippen molar-refractivity contribution in [1.82, 2.24) is 5.10 Å². The third-order valence-electron chi connectivity index (χ3n) is 3.59. The molecule has 0 unspecified atom stereocenters. The number of rotatable bonds is 4. The van der Waals surface area contributed by atoms with Gasteiger partial charge < -0.3 is 14.7 Å².